The second-order valence-electron chi connectivity index (χ2n) is 22.0. The van der Waals surface area contributed by atoms with E-state index in [0.717, 1.165) is 78.0 Å². The molecule has 0 spiro atoms. The molecule has 14 aromatic rings. The maximum atomic E-state index is 10.3. The molecule has 5 heteroatoms. The Labute approximate surface area is 491 Å². The second kappa shape index (κ2) is 20.2. The van der Waals surface area contributed by atoms with Crippen LogP contribution < -0.4 is 4.90 Å². The molecule has 2 unspecified atom stereocenters. The van der Waals surface area contributed by atoms with Crippen molar-refractivity contribution in [3.05, 3.63) is 325 Å². The Morgan fingerprint density at radius 3 is 1.96 bits per heavy atom. The zero-order chi connectivity index (χ0) is 55.7. The predicted octanol–water partition coefficient (Wildman–Crippen LogP) is 21.0. The normalized spacial score (nSPS) is 15.7. The van der Waals surface area contributed by atoms with Gasteiger partial charge in [-0.2, -0.15) is 0 Å². The first-order valence-electron chi connectivity index (χ1n) is 28.9. The van der Waals surface area contributed by atoms with E-state index in [-0.39, 0.29) is 11.9 Å². The van der Waals surface area contributed by atoms with Crippen molar-refractivity contribution in [2.45, 2.75) is 11.8 Å². The third-order valence-electron chi connectivity index (χ3n) is 17.5. The number of benzene rings is 12. The Bertz CT molecular complexity index is 5050. The van der Waals surface area contributed by atoms with Crippen molar-refractivity contribution < 1.29 is 0 Å². The molecule has 0 fully saturated rings. The van der Waals surface area contributed by atoms with Crippen LogP contribution in [-0.4, -0.2) is 16.2 Å². The molecule has 0 aliphatic heterocycles. The molecule has 12 aromatic carbocycles. The van der Waals surface area contributed by atoms with E-state index in [9.17, 15) is 5.41 Å². The summed E-state index contributed by atoms with van der Waals surface area (Å²) in [5.41, 5.74) is 16.3. The molecule has 2 aromatic heterocycles. The number of aromatic nitrogens is 1. The number of allylic oxidation sites excluding steroid dienone is 5. The molecular formula is C79H54N4S. The number of hydrogen-bond acceptors (Lipinski definition) is 3. The van der Waals surface area contributed by atoms with Crippen molar-refractivity contribution in [1.82, 2.24) is 4.57 Å². The molecule has 2 heterocycles. The van der Waals surface area contributed by atoms with Gasteiger partial charge in [0.25, 0.3) is 0 Å². The number of hydrogen-bond donors (Lipinski definition) is 1. The Balaban J connectivity index is 0.974. The first-order chi connectivity index (χ1) is 41.6. The van der Waals surface area contributed by atoms with Crippen LogP contribution in [0.4, 0.5) is 17.1 Å². The fourth-order valence-electron chi connectivity index (χ4n) is 13.9. The van der Waals surface area contributed by atoms with Gasteiger partial charge < -0.3 is 4.90 Å². The van der Waals surface area contributed by atoms with Crippen LogP contribution in [0.5, 0.6) is 0 Å². The Hall–Kier alpha value is -10.5. The molecule has 396 valence electrons. The summed E-state index contributed by atoms with van der Waals surface area (Å²) in [6.45, 7) is 0. The summed E-state index contributed by atoms with van der Waals surface area (Å²) in [6, 6.07) is 96.8. The fourth-order valence-corrected chi connectivity index (χ4v) is 15.3. The molecule has 1 N–H and O–H groups in total. The van der Waals surface area contributed by atoms with E-state index < -0.39 is 5.41 Å². The molecule has 0 amide bonds. The van der Waals surface area contributed by atoms with E-state index in [0.29, 0.717) is 5.71 Å². The summed E-state index contributed by atoms with van der Waals surface area (Å²) in [5, 5.41) is 19.4. The third-order valence-corrected chi connectivity index (χ3v) is 18.8. The zero-order valence-electron chi connectivity index (χ0n) is 45.9. The molecule has 16 rings (SSSR count). The van der Waals surface area contributed by atoms with Crippen LogP contribution in [0.15, 0.2) is 302 Å². The summed E-state index contributed by atoms with van der Waals surface area (Å²) >= 11 is 1.87. The zero-order valence-corrected chi connectivity index (χ0v) is 46.7. The lowest BCUT2D eigenvalue weighted by Gasteiger charge is -2.40. The first-order valence-corrected chi connectivity index (χ1v) is 29.7. The molecule has 2 aliphatic carbocycles. The van der Waals surface area contributed by atoms with Crippen LogP contribution in [0, 0.1) is 11.3 Å². The number of nitrogens with one attached hydrogen (secondary N) is 1. The number of anilines is 3. The lowest BCUT2D eigenvalue weighted by atomic mass is 9.62. The monoisotopic (exact) mass is 1090 g/mol. The van der Waals surface area contributed by atoms with Crippen LogP contribution in [0.3, 0.4) is 0 Å². The molecule has 84 heavy (non-hydrogen) atoms. The highest BCUT2D eigenvalue weighted by molar-refractivity contribution is 7.27. The minimum absolute atomic E-state index is 0.141. The van der Waals surface area contributed by atoms with Gasteiger partial charge in [0.1, 0.15) is 0 Å². The summed E-state index contributed by atoms with van der Waals surface area (Å²) in [4.78, 5) is 7.83. The summed E-state index contributed by atoms with van der Waals surface area (Å²) in [7, 11) is 0. The van der Waals surface area contributed by atoms with Gasteiger partial charge in [0.15, 0.2) is 0 Å². The third kappa shape index (κ3) is 7.81. The topological polar surface area (TPSA) is 44.4 Å². The van der Waals surface area contributed by atoms with Crippen LogP contribution in [0.25, 0.3) is 91.9 Å². The Morgan fingerprint density at radius 1 is 0.524 bits per heavy atom. The van der Waals surface area contributed by atoms with Gasteiger partial charge in [0.2, 0.25) is 5.96 Å². The molecule has 0 radical (unpaired) electrons. The number of thiophene rings is 1. The van der Waals surface area contributed by atoms with Gasteiger partial charge in [0, 0.05) is 54.0 Å². The molecule has 2 atom stereocenters. The largest absolute Gasteiger partial charge is 0.309 e. The number of aliphatic imine (C=N–C) groups is 1. The van der Waals surface area contributed by atoms with Gasteiger partial charge in [-0.3, -0.25) is 9.98 Å². The van der Waals surface area contributed by atoms with E-state index >= 15 is 0 Å². The summed E-state index contributed by atoms with van der Waals surface area (Å²) in [5.74, 6) is 0.325. The molecule has 0 saturated heterocycles. The Morgan fingerprint density at radius 2 is 1.18 bits per heavy atom. The highest BCUT2D eigenvalue weighted by Crippen LogP contribution is 2.60. The minimum atomic E-state index is -0.448. The van der Waals surface area contributed by atoms with Crippen LogP contribution in [0.1, 0.15) is 34.2 Å². The van der Waals surface area contributed by atoms with E-state index in [2.05, 4.69) is 270 Å². The van der Waals surface area contributed by atoms with Crippen LogP contribution in [-0.2, 0) is 5.41 Å². The van der Waals surface area contributed by atoms with Crippen molar-refractivity contribution in [2.24, 2.45) is 10.9 Å². The van der Waals surface area contributed by atoms with E-state index in [1.54, 1.807) is 0 Å². The van der Waals surface area contributed by atoms with Crippen molar-refractivity contribution in [3.63, 3.8) is 0 Å². The highest BCUT2D eigenvalue weighted by atomic mass is 32.1. The number of nitrogens with zero attached hydrogens (tertiary/aromatic N) is 3. The Kier molecular flexibility index (Phi) is 11.9. The quantitative estimate of drug-likeness (QED) is 0.114. The van der Waals surface area contributed by atoms with Crippen molar-refractivity contribution in [2.75, 3.05) is 4.90 Å². The van der Waals surface area contributed by atoms with E-state index in [1.165, 1.54) is 59.1 Å². The van der Waals surface area contributed by atoms with Crippen LogP contribution in [0.2, 0.25) is 0 Å². The van der Waals surface area contributed by atoms with Gasteiger partial charge in [0.05, 0.1) is 32.5 Å². The molecule has 2 aliphatic rings. The fraction of sp³-hybridized carbons (Fsp3) is 0.0380. The smallest absolute Gasteiger partial charge is 0.227 e. The lowest BCUT2D eigenvalue weighted by Crippen LogP contribution is -2.35. The number of fused-ring (bicyclic) bond motifs is 15. The molecule has 0 saturated carbocycles. The van der Waals surface area contributed by atoms with Gasteiger partial charge >= 0.3 is 0 Å². The standard InChI is InChI=1S/C79H54N4S/c80-78(81-69(56-28-10-3-11-29-56)49-41-52-23-6-1-7-24-52)83-70-50-44-55-27-16-17-34-61(55)72(70)74-73-66-38-22-40-71(76(66)84-77(73)65-37-19-18-36-64(65)75(74)83)82(59-45-42-54(43-46-59)53-25-8-2-9-26-53)60-47-48-63-62-35-20-21-39-67(62)79(68(63)51-60,57-30-12-4-13-31-57)58-32-14-5-15-33-58/h1-32,34-51,58,80H,33H2/b49-41+,80-78?,81-69+. The minimum Gasteiger partial charge on any atom is -0.309 e. The molecule has 4 nitrogen and oxygen atoms in total. The summed E-state index contributed by atoms with van der Waals surface area (Å²) in [6.07, 6.45) is 14.3. The van der Waals surface area contributed by atoms with Crippen molar-refractivity contribution in [3.8, 4) is 22.3 Å². The first kappa shape index (κ1) is 49.4. The van der Waals surface area contributed by atoms with Crippen molar-refractivity contribution in [1.29, 1.82) is 5.41 Å². The predicted molar refractivity (Wildman–Crippen MR) is 357 cm³/mol. The van der Waals surface area contributed by atoms with Gasteiger partial charge in [-0.15, -0.1) is 11.3 Å². The van der Waals surface area contributed by atoms with Gasteiger partial charge in [-0.1, -0.05) is 261 Å². The van der Waals surface area contributed by atoms with Crippen molar-refractivity contribution >= 4 is 110 Å². The average molecular weight is 1090 g/mol. The number of rotatable bonds is 9. The van der Waals surface area contributed by atoms with E-state index in [4.69, 9.17) is 4.99 Å². The maximum absolute atomic E-state index is 10.3. The summed E-state index contributed by atoms with van der Waals surface area (Å²) < 4.78 is 4.51. The van der Waals surface area contributed by atoms with Gasteiger partial charge in [-0.05, 0) is 110 Å². The highest BCUT2D eigenvalue weighted by Gasteiger charge is 2.49. The second-order valence-corrected chi connectivity index (χ2v) is 23.0. The molecular weight excluding hydrogens is 1040 g/mol. The average Bonchev–Trinajstić information content (AvgIpc) is 1.76. The van der Waals surface area contributed by atoms with Crippen LogP contribution >= 0.6 is 11.3 Å². The maximum Gasteiger partial charge on any atom is 0.227 e. The molecule has 0 bridgehead atoms. The SMILES string of the molecule is N=C(/N=C(\C=C\c1ccccc1)c1ccccc1)n1c2ccc3ccccc3c2c2c3c4cccc(N(c5ccc(-c6ccccc6)cc5)c5ccc6c(c5)C(c5ccccc5)(C5C=CC=CC5)c5ccccc5-6)c4sc3c3ccccc3c21. The van der Waals surface area contributed by atoms with Gasteiger partial charge in [-0.25, -0.2) is 4.99 Å². The lowest BCUT2D eigenvalue weighted by molar-refractivity contribution is 0.457. The van der Waals surface area contributed by atoms with E-state index in [1.807, 2.05) is 53.8 Å².